The molecule has 3 amide bonds. The van der Waals surface area contributed by atoms with Gasteiger partial charge in [-0.3, -0.25) is 4.79 Å². The van der Waals surface area contributed by atoms with Crippen molar-refractivity contribution in [3.05, 3.63) is 65.2 Å². The molecule has 0 spiro atoms. The first-order chi connectivity index (χ1) is 12.5. The summed E-state index contributed by atoms with van der Waals surface area (Å²) in [5.41, 5.74) is 4.33. The first-order valence-electron chi connectivity index (χ1n) is 9.01. The lowest BCUT2D eigenvalue weighted by atomic mass is 10.1. The van der Waals surface area contributed by atoms with Crippen molar-refractivity contribution in [3.8, 4) is 0 Å². The van der Waals surface area contributed by atoms with Crippen molar-refractivity contribution in [3.63, 3.8) is 0 Å². The third-order valence-electron chi connectivity index (χ3n) is 4.57. The van der Waals surface area contributed by atoms with E-state index in [1.165, 1.54) is 5.56 Å². The highest BCUT2D eigenvalue weighted by Crippen LogP contribution is 2.24. The van der Waals surface area contributed by atoms with Gasteiger partial charge < -0.3 is 15.5 Å². The molecule has 3 rings (SSSR count). The van der Waals surface area contributed by atoms with Crippen LogP contribution in [0.3, 0.4) is 0 Å². The maximum absolute atomic E-state index is 12.6. The first kappa shape index (κ1) is 18.0. The molecule has 0 aromatic heterocycles. The van der Waals surface area contributed by atoms with Gasteiger partial charge >= 0.3 is 6.03 Å². The molecule has 1 fully saturated rings. The Morgan fingerprint density at radius 3 is 2.50 bits per heavy atom. The second-order valence-electron chi connectivity index (χ2n) is 6.81. The molecule has 136 valence electrons. The smallest absolute Gasteiger partial charge is 0.315 e. The van der Waals surface area contributed by atoms with E-state index in [0.29, 0.717) is 19.5 Å². The molecule has 1 aliphatic rings. The zero-order chi connectivity index (χ0) is 18.5. The van der Waals surface area contributed by atoms with Crippen molar-refractivity contribution < 1.29 is 9.59 Å². The Kier molecular flexibility index (Phi) is 5.56. The number of hydrogen-bond acceptors (Lipinski definition) is 2. The molecule has 1 atom stereocenters. The Morgan fingerprint density at radius 2 is 1.81 bits per heavy atom. The van der Waals surface area contributed by atoms with Gasteiger partial charge in [0.1, 0.15) is 6.04 Å². The summed E-state index contributed by atoms with van der Waals surface area (Å²) in [4.78, 5) is 26.5. The van der Waals surface area contributed by atoms with Crippen molar-refractivity contribution in [2.45, 2.75) is 32.7 Å². The molecule has 1 heterocycles. The highest BCUT2D eigenvalue weighted by molar-refractivity contribution is 6.01. The minimum absolute atomic E-state index is 0.0480. The molecule has 26 heavy (non-hydrogen) atoms. The zero-order valence-electron chi connectivity index (χ0n) is 15.3. The van der Waals surface area contributed by atoms with Crippen molar-refractivity contribution in [1.29, 1.82) is 0 Å². The van der Waals surface area contributed by atoms with Crippen LogP contribution in [0.15, 0.2) is 48.5 Å². The van der Waals surface area contributed by atoms with Gasteiger partial charge in [-0.2, -0.15) is 0 Å². The van der Waals surface area contributed by atoms with E-state index in [9.17, 15) is 9.59 Å². The molecule has 5 heteroatoms. The lowest BCUT2D eigenvalue weighted by Crippen LogP contribution is -2.46. The van der Waals surface area contributed by atoms with Crippen LogP contribution in [0.2, 0.25) is 0 Å². The summed E-state index contributed by atoms with van der Waals surface area (Å²) in [6.45, 7) is 5.20. The van der Waals surface area contributed by atoms with Gasteiger partial charge in [0.25, 0.3) is 0 Å². The van der Waals surface area contributed by atoms with E-state index in [1.807, 2.05) is 56.3 Å². The summed E-state index contributed by atoms with van der Waals surface area (Å²) >= 11 is 0. The average molecular weight is 351 g/mol. The third kappa shape index (κ3) is 4.42. The SMILES string of the molecule is Cc1cc(C)cc(N2CCC(NC(=O)NCCc3ccccc3)C2=O)c1. The Balaban J connectivity index is 1.51. The number of rotatable bonds is 5. The highest BCUT2D eigenvalue weighted by atomic mass is 16.2. The van der Waals surface area contributed by atoms with Crippen molar-refractivity contribution in [1.82, 2.24) is 10.6 Å². The fourth-order valence-corrected chi connectivity index (χ4v) is 3.35. The summed E-state index contributed by atoms with van der Waals surface area (Å²) in [5.74, 6) is -0.0480. The van der Waals surface area contributed by atoms with E-state index < -0.39 is 6.04 Å². The van der Waals surface area contributed by atoms with Crippen LogP contribution in [-0.2, 0) is 11.2 Å². The van der Waals surface area contributed by atoms with Crippen molar-refractivity contribution in [2.24, 2.45) is 0 Å². The minimum atomic E-state index is -0.465. The van der Waals surface area contributed by atoms with E-state index >= 15 is 0 Å². The molecule has 0 bridgehead atoms. The number of amides is 3. The Bertz CT molecular complexity index is 769. The van der Waals surface area contributed by atoms with E-state index in [4.69, 9.17) is 0 Å². The van der Waals surface area contributed by atoms with Gasteiger partial charge in [-0.15, -0.1) is 0 Å². The molecule has 0 saturated carbocycles. The molecule has 0 aliphatic carbocycles. The maximum atomic E-state index is 12.6. The Labute approximate surface area is 154 Å². The summed E-state index contributed by atoms with van der Waals surface area (Å²) in [6.07, 6.45) is 1.39. The van der Waals surface area contributed by atoms with Gasteiger partial charge in [0.05, 0.1) is 0 Å². The minimum Gasteiger partial charge on any atom is -0.338 e. The summed E-state index contributed by atoms with van der Waals surface area (Å²) < 4.78 is 0. The number of hydrogen-bond donors (Lipinski definition) is 2. The van der Waals surface area contributed by atoms with E-state index in [0.717, 1.165) is 23.2 Å². The molecule has 2 aromatic carbocycles. The topological polar surface area (TPSA) is 61.4 Å². The van der Waals surface area contributed by atoms with Crippen molar-refractivity contribution >= 4 is 17.6 Å². The maximum Gasteiger partial charge on any atom is 0.315 e. The number of urea groups is 1. The third-order valence-corrected chi connectivity index (χ3v) is 4.57. The quantitative estimate of drug-likeness (QED) is 0.870. The molecule has 2 aromatic rings. The fourth-order valence-electron chi connectivity index (χ4n) is 3.35. The van der Waals surface area contributed by atoms with Crippen LogP contribution in [0.25, 0.3) is 0 Å². The standard InChI is InChI=1S/C21H25N3O2/c1-15-12-16(2)14-18(13-15)24-11-9-19(20(24)25)23-21(26)22-10-8-17-6-4-3-5-7-17/h3-7,12-14,19H,8-11H2,1-2H3,(H2,22,23,26). The monoisotopic (exact) mass is 351 g/mol. The molecule has 2 N–H and O–H groups in total. The Hall–Kier alpha value is -2.82. The molecule has 1 saturated heterocycles. The average Bonchev–Trinajstić information content (AvgIpc) is 2.95. The number of carbonyl (C=O) groups excluding carboxylic acids is 2. The predicted octanol–water partition coefficient (Wildman–Crippen LogP) is 2.95. The summed E-state index contributed by atoms with van der Waals surface area (Å²) in [5, 5.41) is 5.63. The zero-order valence-corrected chi connectivity index (χ0v) is 15.3. The summed E-state index contributed by atoms with van der Waals surface area (Å²) in [6, 6.07) is 15.3. The van der Waals surface area contributed by atoms with Crippen molar-refractivity contribution in [2.75, 3.05) is 18.0 Å². The second kappa shape index (κ2) is 8.04. The van der Waals surface area contributed by atoms with E-state index in [1.54, 1.807) is 4.90 Å². The van der Waals surface area contributed by atoms with E-state index in [2.05, 4.69) is 16.7 Å². The molecular weight excluding hydrogens is 326 g/mol. The van der Waals surface area contributed by atoms with Crippen LogP contribution < -0.4 is 15.5 Å². The summed E-state index contributed by atoms with van der Waals surface area (Å²) in [7, 11) is 0. The van der Waals surface area contributed by atoms with Gasteiger partial charge in [0.2, 0.25) is 5.91 Å². The van der Waals surface area contributed by atoms with Gasteiger partial charge in [-0.1, -0.05) is 36.4 Å². The van der Waals surface area contributed by atoms with Crippen LogP contribution in [-0.4, -0.2) is 31.1 Å². The number of carbonyl (C=O) groups is 2. The largest absolute Gasteiger partial charge is 0.338 e. The molecule has 5 nitrogen and oxygen atoms in total. The highest BCUT2D eigenvalue weighted by Gasteiger charge is 2.33. The van der Waals surface area contributed by atoms with Crippen LogP contribution >= 0.6 is 0 Å². The van der Waals surface area contributed by atoms with Gasteiger partial charge in [-0.25, -0.2) is 4.79 Å². The molecule has 0 radical (unpaired) electrons. The predicted molar refractivity (Wildman–Crippen MR) is 103 cm³/mol. The second-order valence-corrected chi connectivity index (χ2v) is 6.81. The van der Waals surface area contributed by atoms with Gasteiger partial charge in [-0.05, 0) is 55.5 Å². The normalized spacial score (nSPS) is 16.6. The first-order valence-corrected chi connectivity index (χ1v) is 9.01. The lowest BCUT2D eigenvalue weighted by molar-refractivity contribution is -0.118. The number of anilines is 1. The van der Waals surface area contributed by atoms with Crippen LogP contribution in [0.4, 0.5) is 10.5 Å². The van der Waals surface area contributed by atoms with Crippen LogP contribution in [0, 0.1) is 13.8 Å². The van der Waals surface area contributed by atoms with Gasteiger partial charge in [0, 0.05) is 18.8 Å². The number of benzene rings is 2. The molecular formula is C21H25N3O2. The lowest BCUT2D eigenvalue weighted by Gasteiger charge is -2.18. The molecule has 1 aliphatic heterocycles. The number of aryl methyl sites for hydroxylation is 2. The molecule has 1 unspecified atom stereocenters. The fraction of sp³-hybridized carbons (Fsp3) is 0.333. The van der Waals surface area contributed by atoms with Crippen LogP contribution in [0.1, 0.15) is 23.1 Å². The number of nitrogens with zero attached hydrogens (tertiary/aromatic N) is 1. The number of nitrogens with one attached hydrogen (secondary N) is 2. The van der Waals surface area contributed by atoms with E-state index in [-0.39, 0.29) is 11.9 Å². The Morgan fingerprint density at radius 1 is 1.12 bits per heavy atom. The van der Waals surface area contributed by atoms with Crippen LogP contribution in [0.5, 0.6) is 0 Å². The van der Waals surface area contributed by atoms with Gasteiger partial charge in [0.15, 0.2) is 0 Å².